The van der Waals surface area contributed by atoms with Gasteiger partial charge < -0.3 is 5.32 Å². The van der Waals surface area contributed by atoms with Gasteiger partial charge in [-0.3, -0.25) is 9.10 Å². The number of amides is 1. The maximum atomic E-state index is 12.1. The second-order valence-corrected chi connectivity index (χ2v) is 8.28. The summed E-state index contributed by atoms with van der Waals surface area (Å²) in [5.41, 5.74) is 0.506. The van der Waals surface area contributed by atoms with Gasteiger partial charge in [-0.1, -0.05) is 36.9 Å². The summed E-state index contributed by atoms with van der Waals surface area (Å²) in [5, 5.41) is 3.34. The standard InChI is InChI=1S/C16H23ClN2O3S/c1-23(21,22)19(15-9-5-8-14(17)12-15)11-10-18-16(20)13-6-3-2-4-7-13/h5,8-9,12-13H,2-4,6-7,10-11H2,1H3,(H,18,20). The second kappa shape index (κ2) is 8.02. The van der Waals surface area contributed by atoms with Crippen LogP contribution in [-0.4, -0.2) is 33.7 Å². The zero-order valence-corrected chi connectivity index (χ0v) is 14.9. The molecule has 1 aromatic carbocycles. The van der Waals surface area contributed by atoms with Gasteiger partial charge >= 0.3 is 0 Å². The minimum atomic E-state index is -3.43. The van der Waals surface area contributed by atoms with Crippen molar-refractivity contribution in [1.29, 1.82) is 0 Å². The fourth-order valence-corrected chi connectivity index (χ4v) is 4.01. The van der Waals surface area contributed by atoms with Crippen molar-refractivity contribution in [2.75, 3.05) is 23.7 Å². The number of carbonyl (C=O) groups excluding carboxylic acids is 1. The normalized spacial score (nSPS) is 16.1. The van der Waals surface area contributed by atoms with Gasteiger partial charge in [-0.05, 0) is 31.0 Å². The fraction of sp³-hybridized carbons (Fsp3) is 0.562. The number of halogens is 1. The van der Waals surface area contributed by atoms with Crippen LogP contribution in [0.25, 0.3) is 0 Å². The third kappa shape index (κ3) is 5.39. The molecular weight excluding hydrogens is 336 g/mol. The quantitative estimate of drug-likeness (QED) is 0.850. The topological polar surface area (TPSA) is 66.5 Å². The number of hydrogen-bond donors (Lipinski definition) is 1. The molecule has 7 heteroatoms. The molecule has 0 unspecified atom stereocenters. The Morgan fingerprint density at radius 1 is 1.30 bits per heavy atom. The van der Waals surface area contributed by atoms with E-state index in [1.165, 1.54) is 10.7 Å². The molecule has 0 saturated heterocycles. The summed E-state index contributed by atoms with van der Waals surface area (Å²) in [7, 11) is -3.43. The fourth-order valence-electron chi connectivity index (χ4n) is 2.91. The molecule has 1 fully saturated rings. The molecule has 0 aromatic heterocycles. The van der Waals surface area contributed by atoms with Gasteiger partial charge in [0.1, 0.15) is 0 Å². The first kappa shape index (κ1) is 18.1. The molecule has 1 N–H and O–H groups in total. The molecule has 23 heavy (non-hydrogen) atoms. The summed E-state index contributed by atoms with van der Waals surface area (Å²) in [6.45, 7) is 0.479. The molecule has 0 atom stereocenters. The molecule has 0 aliphatic heterocycles. The van der Waals surface area contributed by atoms with E-state index in [2.05, 4.69) is 5.32 Å². The zero-order chi connectivity index (χ0) is 16.9. The van der Waals surface area contributed by atoms with Crippen LogP contribution in [0.5, 0.6) is 0 Å². The lowest BCUT2D eigenvalue weighted by molar-refractivity contribution is -0.125. The maximum Gasteiger partial charge on any atom is 0.232 e. The van der Waals surface area contributed by atoms with Crippen molar-refractivity contribution in [1.82, 2.24) is 5.32 Å². The summed E-state index contributed by atoms with van der Waals surface area (Å²) in [6.07, 6.45) is 6.38. The van der Waals surface area contributed by atoms with Crippen molar-refractivity contribution >= 4 is 33.2 Å². The number of rotatable bonds is 6. The molecule has 2 rings (SSSR count). The Balaban J connectivity index is 1.95. The van der Waals surface area contributed by atoms with Crippen molar-refractivity contribution in [3.8, 4) is 0 Å². The van der Waals surface area contributed by atoms with Crippen molar-refractivity contribution in [3.05, 3.63) is 29.3 Å². The molecule has 0 heterocycles. The smallest absolute Gasteiger partial charge is 0.232 e. The van der Waals surface area contributed by atoms with Crippen molar-refractivity contribution in [3.63, 3.8) is 0 Å². The highest BCUT2D eigenvalue weighted by Gasteiger charge is 2.22. The number of anilines is 1. The van der Waals surface area contributed by atoms with E-state index in [-0.39, 0.29) is 24.9 Å². The largest absolute Gasteiger partial charge is 0.354 e. The summed E-state index contributed by atoms with van der Waals surface area (Å²) in [5.74, 6) is 0.103. The molecule has 5 nitrogen and oxygen atoms in total. The molecule has 0 bridgehead atoms. The van der Waals surface area contributed by atoms with Gasteiger partial charge in [0.25, 0.3) is 0 Å². The lowest BCUT2D eigenvalue weighted by Gasteiger charge is -2.24. The SMILES string of the molecule is CS(=O)(=O)N(CCNC(=O)C1CCCCC1)c1cccc(Cl)c1. The molecule has 1 saturated carbocycles. The lowest BCUT2D eigenvalue weighted by atomic mass is 9.89. The minimum Gasteiger partial charge on any atom is -0.354 e. The van der Waals surface area contributed by atoms with Crippen LogP contribution >= 0.6 is 11.6 Å². The van der Waals surface area contributed by atoms with Gasteiger partial charge in [0.15, 0.2) is 0 Å². The van der Waals surface area contributed by atoms with Crippen molar-refractivity contribution < 1.29 is 13.2 Å². The number of nitrogens with zero attached hydrogens (tertiary/aromatic N) is 1. The Morgan fingerprint density at radius 3 is 2.61 bits per heavy atom. The predicted molar refractivity (Wildman–Crippen MR) is 93.2 cm³/mol. The van der Waals surface area contributed by atoms with Crippen LogP contribution in [0, 0.1) is 5.92 Å². The Labute approximate surface area is 143 Å². The van der Waals surface area contributed by atoms with Crippen LogP contribution < -0.4 is 9.62 Å². The van der Waals surface area contributed by atoms with Crippen molar-refractivity contribution in [2.45, 2.75) is 32.1 Å². The van der Waals surface area contributed by atoms with Crippen LogP contribution in [-0.2, 0) is 14.8 Å². The second-order valence-electron chi connectivity index (χ2n) is 5.94. The van der Waals surface area contributed by atoms with Crippen molar-refractivity contribution in [2.24, 2.45) is 5.92 Å². The van der Waals surface area contributed by atoms with Gasteiger partial charge in [0.2, 0.25) is 15.9 Å². The van der Waals surface area contributed by atoms with E-state index in [4.69, 9.17) is 11.6 Å². The Morgan fingerprint density at radius 2 is 2.00 bits per heavy atom. The Bertz CT molecular complexity index is 642. The summed E-state index contributed by atoms with van der Waals surface area (Å²) in [6, 6.07) is 6.69. The predicted octanol–water partition coefficient (Wildman–Crippen LogP) is 2.80. The highest BCUT2D eigenvalue weighted by Crippen LogP contribution is 2.24. The summed E-state index contributed by atoms with van der Waals surface area (Å²) >= 11 is 5.93. The van der Waals surface area contributed by atoms with Gasteiger partial charge in [0.05, 0.1) is 18.5 Å². The minimum absolute atomic E-state index is 0.0317. The number of nitrogens with one attached hydrogen (secondary N) is 1. The lowest BCUT2D eigenvalue weighted by Crippen LogP contribution is -2.40. The highest BCUT2D eigenvalue weighted by atomic mass is 35.5. The molecule has 0 spiro atoms. The highest BCUT2D eigenvalue weighted by molar-refractivity contribution is 7.92. The van der Waals surface area contributed by atoms with Gasteiger partial charge in [-0.15, -0.1) is 0 Å². The maximum absolute atomic E-state index is 12.1. The number of benzene rings is 1. The van der Waals surface area contributed by atoms with Crippen LogP contribution in [0.15, 0.2) is 24.3 Å². The van der Waals surface area contributed by atoms with E-state index < -0.39 is 10.0 Å². The summed E-state index contributed by atoms with van der Waals surface area (Å²) < 4.78 is 25.2. The first-order valence-corrected chi connectivity index (χ1v) is 10.1. The van der Waals surface area contributed by atoms with Crippen LogP contribution in [0.1, 0.15) is 32.1 Å². The first-order chi connectivity index (χ1) is 10.9. The Hall–Kier alpha value is -1.27. The van der Waals surface area contributed by atoms with E-state index in [0.29, 0.717) is 10.7 Å². The molecule has 1 aliphatic carbocycles. The van der Waals surface area contributed by atoms with E-state index in [0.717, 1.165) is 31.9 Å². The molecule has 0 radical (unpaired) electrons. The zero-order valence-electron chi connectivity index (χ0n) is 13.3. The number of carbonyl (C=O) groups is 1. The van der Waals surface area contributed by atoms with Crippen LogP contribution in [0.3, 0.4) is 0 Å². The first-order valence-electron chi connectivity index (χ1n) is 7.89. The third-order valence-corrected chi connectivity index (χ3v) is 5.52. The van der Waals surface area contributed by atoms with Crippen LogP contribution in [0.2, 0.25) is 5.02 Å². The summed E-state index contributed by atoms with van der Waals surface area (Å²) in [4.78, 5) is 12.1. The average molecular weight is 359 g/mol. The Kier molecular flexibility index (Phi) is 6.30. The van der Waals surface area contributed by atoms with E-state index in [9.17, 15) is 13.2 Å². The van der Waals surface area contributed by atoms with E-state index in [1.807, 2.05) is 0 Å². The third-order valence-electron chi connectivity index (χ3n) is 4.09. The molecule has 1 amide bonds. The number of sulfonamides is 1. The van der Waals surface area contributed by atoms with Gasteiger partial charge in [-0.2, -0.15) is 0 Å². The van der Waals surface area contributed by atoms with Gasteiger partial charge in [0, 0.05) is 17.5 Å². The van der Waals surface area contributed by atoms with Gasteiger partial charge in [-0.25, -0.2) is 8.42 Å². The molecule has 128 valence electrons. The molecule has 1 aliphatic rings. The monoisotopic (exact) mass is 358 g/mol. The van der Waals surface area contributed by atoms with E-state index >= 15 is 0 Å². The average Bonchev–Trinajstić information content (AvgIpc) is 2.51. The van der Waals surface area contributed by atoms with E-state index in [1.54, 1.807) is 24.3 Å². The molecular formula is C16H23ClN2O3S. The molecule has 1 aromatic rings. The van der Waals surface area contributed by atoms with Crippen LogP contribution in [0.4, 0.5) is 5.69 Å². The number of hydrogen-bond acceptors (Lipinski definition) is 3.